The minimum absolute atomic E-state index is 0.0293. The summed E-state index contributed by atoms with van der Waals surface area (Å²) in [5, 5.41) is 3.44. The Morgan fingerprint density at radius 2 is 1.74 bits per heavy atom. The van der Waals surface area contributed by atoms with Gasteiger partial charge in [0.25, 0.3) is 11.5 Å². The molecule has 140 valence electrons. The first-order valence-corrected chi connectivity index (χ1v) is 8.24. The normalized spacial score (nSPS) is 11.6. The van der Waals surface area contributed by atoms with E-state index in [9.17, 15) is 22.8 Å². The molecule has 0 bridgehead atoms. The fourth-order valence-electron chi connectivity index (χ4n) is 2.94. The Morgan fingerprint density at radius 1 is 1.07 bits per heavy atom. The van der Waals surface area contributed by atoms with Crippen LogP contribution in [0.4, 0.5) is 13.2 Å². The molecule has 0 spiro atoms. The van der Waals surface area contributed by atoms with Crippen LogP contribution in [0, 0.1) is 13.8 Å². The zero-order valence-electron chi connectivity index (χ0n) is 14.7. The Balaban J connectivity index is 1.79. The summed E-state index contributed by atoms with van der Waals surface area (Å²) in [5.41, 5.74) is 2.06. The second-order valence-electron chi connectivity index (χ2n) is 6.42. The average Bonchev–Trinajstić information content (AvgIpc) is 2.59. The highest BCUT2D eigenvalue weighted by Crippen LogP contribution is 2.29. The lowest BCUT2D eigenvalue weighted by atomic mass is 10.0. The zero-order valence-corrected chi connectivity index (χ0v) is 14.7. The van der Waals surface area contributed by atoms with Crippen LogP contribution in [-0.4, -0.2) is 10.9 Å². The SMILES string of the molecule is Cc1cc(C)c2cc(CNC(=O)c3ccc(C(F)(F)F)cc3)c(=O)[nH]c2c1. The maximum absolute atomic E-state index is 12.6. The van der Waals surface area contributed by atoms with Gasteiger partial charge in [-0.05, 0) is 61.4 Å². The highest BCUT2D eigenvalue weighted by atomic mass is 19.4. The molecular weight excluding hydrogens is 357 g/mol. The van der Waals surface area contributed by atoms with E-state index in [0.29, 0.717) is 5.56 Å². The molecule has 3 rings (SSSR count). The molecule has 0 saturated carbocycles. The number of benzene rings is 2. The van der Waals surface area contributed by atoms with Crippen molar-refractivity contribution < 1.29 is 18.0 Å². The number of hydrogen-bond donors (Lipinski definition) is 2. The quantitative estimate of drug-likeness (QED) is 0.725. The number of alkyl halides is 3. The largest absolute Gasteiger partial charge is 0.416 e. The summed E-state index contributed by atoms with van der Waals surface area (Å²) in [6.45, 7) is 3.83. The summed E-state index contributed by atoms with van der Waals surface area (Å²) in [7, 11) is 0. The summed E-state index contributed by atoms with van der Waals surface area (Å²) < 4.78 is 37.7. The molecule has 1 heterocycles. The van der Waals surface area contributed by atoms with Gasteiger partial charge in [-0.1, -0.05) is 6.07 Å². The van der Waals surface area contributed by atoms with Crippen LogP contribution in [0.3, 0.4) is 0 Å². The summed E-state index contributed by atoms with van der Waals surface area (Å²) in [4.78, 5) is 27.2. The smallest absolute Gasteiger partial charge is 0.348 e. The van der Waals surface area contributed by atoms with Crippen molar-refractivity contribution in [2.75, 3.05) is 0 Å². The molecule has 3 aromatic rings. The van der Waals surface area contributed by atoms with Gasteiger partial charge in [0.15, 0.2) is 0 Å². The molecule has 0 aliphatic heterocycles. The van der Waals surface area contributed by atoms with Gasteiger partial charge in [0.2, 0.25) is 0 Å². The van der Waals surface area contributed by atoms with E-state index in [-0.39, 0.29) is 17.7 Å². The summed E-state index contributed by atoms with van der Waals surface area (Å²) in [5.74, 6) is -0.552. The minimum atomic E-state index is -4.45. The number of fused-ring (bicyclic) bond motifs is 1. The first-order chi connectivity index (χ1) is 12.6. The van der Waals surface area contributed by atoms with E-state index in [2.05, 4.69) is 10.3 Å². The lowest BCUT2D eigenvalue weighted by Crippen LogP contribution is -2.26. The number of pyridine rings is 1. The third kappa shape index (κ3) is 4.02. The van der Waals surface area contributed by atoms with Crippen molar-refractivity contribution >= 4 is 16.8 Å². The van der Waals surface area contributed by atoms with Crippen molar-refractivity contribution in [3.05, 3.63) is 80.6 Å². The molecule has 2 N–H and O–H groups in total. The number of aryl methyl sites for hydroxylation is 2. The van der Waals surface area contributed by atoms with Crippen LogP contribution < -0.4 is 10.9 Å². The van der Waals surface area contributed by atoms with Crippen molar-refractivity contribution in [3.63, 3.8) is 0 Å². The highest BCUT2D eigenvalue weighted by Gasteiger charge is 2.30. The number of nitrogens with one attached hydrogen (secondary N) is 2. The topological polar surface area (TPSA) is 62.0 Å². The van der Waals surface area contributed by atoms with Gasteiger partial charge in [0.05, 0.1) is 5.56 Å². The van der Waals surface area contributed by atoms with Gasteiger partial charge in [-0.25, -0.2) is 0 Å². The van der Waals surface area contributed by atoms with E-state index in [0.717, 1.165) is 46.3 Å². The molecule has 1 aromatic heterocycles. The monoisotopic (exact) mass is 374 g/mol. The van der Waals surface area contributed by atoms with Crippen molar-refractivity contribution in [3.8, 4) is 0 Å². The van der Waals surface area contributed by atoms with E-state index in [1.54, 1.807) is 6.07 Å². The van der Waals surface area contributed by atoms with E-state index < -0.39 is 17.6 Å². The van der Waals surface area contributed by atoms with Gasteiger partial charge in [-0.3, -0.25) is 9.59 Å². The Kier molecular flexibility index (Phi) is 4.78. The molecule has 2 aromatic carbocycles. The Hall–Kier alpha value is -3.09. The number of carbonyl (C=O) groups excluding carboxylic acids is 1. The fraction of sp³-hybridized carbons (Fsp3) is 0.200. The van der Waals surface area contributed by atoms with Crippen molar-refractivity contribution in [1.82, 2.24) is 10.3 Å². The average molecular weight is 374 g/mol. The second-order valence-corrected chi connectivity index (χ2v) is 6.42. The van der Waals surface area contributed by atoms with Crippen LogP contribution >= 0.6 is 0 Å². The third-order valence-corrected chi connectivity index (χ3v) is 4.30. The number of hydrogen-bond acceptors (Lipinski definition) is 2. The molecule has 0 unspecified atom stereocenters. The van der Waals surface area contributed by atoms with Crippen LogP contribution in [0.2, 0.25) is 0 Å². The summed E-state index contributed by atoms with van der Waals surface area (Å²) >= 11 is 0. The second kappa shape index (κ2) is 6.90. The number of amides is 1. The maximum Gasteiger partial charge on any atom is 0.416 e. The van der Waals surface area contributed by atoms with E-state index in [4.69, 9.17) is 0 Å². The molecule has 7 heteroatoms. The molecule has 27 heavy (non-hydrogen) atoms. The van der Waals surface area contributed by atoms with Gasteiger partial charge < -0.3 is 10.3 Å². The minimum Gasteiger partial charge on any atom is -0.348 e. The maximum atomic E-state index is 12.6. The van der Waals surface area contributed by atoms with Crippen LogP contribution in [0.25, 0.3) is 10.9 Å². The van der Waals surface area contributed by atoms with Gasteiger partial charge in [-0.2, -0.15) is 13.2 Å². The number of H-pyrrole nitrogens is 1. The highest BCUT2D eigenvalue weighted by molar-refractivity contribution is 5.94. The van der Waals surface area contributed by atoms with Gasteiger partial charge in [0.1, 0.15) is 0 Å². The molecule has 0 atom stereocenters. The van der Waals surface area contributed by atoms with E-state index >= 15 is 0 Å². The lowest BCUT2D eigenvalue weighted by molar-refractivity contribution is -0.137. The van der Waals surface area contributed by atoms with Gasteiger partial charge in [-0.15, -0.1) is 0 Å². The van der Waals surface area contributed by atoms with Crippen LogP contribution in [0.15, 0.2) is 47.3 Å². The Morgan fingerprint density at radius 3 is 2.37 bits per heavy atom. The molecular formula is C20H17F3N2O2. The number of carbonyl (C=O) groups is 1. The summed E-state index contributed by atoms with van der Waals surface area (Å²) in [6.07, 6.45) is -4.45. The first-order valence-electron chi connectivity index (χ1n) is 8.24. The van der Waals surface area contributed by atoms with Gasteiger partial charge >= 0.3 is 6.18 Å². The number of halogens is 3. The predicted molar refractivity (Wildman–Crippen MR) is 96.7 cm³/mol. The van der Waals surface area contributed by atoms with Gasteiger partial charge in [0, 0.05) is 28.6 Å². The zero-order chi connectivity index (χ0) is 19.8. The number of aromatic nitrogens is 1. The van der Waals surface area contributed by atoms with E-state index in [1.807, 2.05) is 26.0 Å². The van der Waals surface area contributed by atoms with Crippen LogP contribution in [-0.2, 0) is 12.7 Å². The lowest BCUT2D eigenvalue weighted by Gasteiger charge is -2.10. The molecule has 4 nitrogen and oxygen atoms in total. The van der Waals surface area contributed by atoms with Crippen molar-refractivity contribution in [2.24, 2.45) is 0 Å². The first kappa shape index (κ1) is 18.7. The fourth-order valence-corrected chi connectivity index (χ4v) is 2.94. The number of rotatable bonds is 3. The Bertz CT molecular complexity index is 1070. The third-order valence-electron chi connectivity index (χ3n) is 4.30. The molecule has 0 aliphatic carbocycles. The molecule has 0 fully saturated rings. The summed E-state index contributed by atoms with van der Waals surface area (Å²) in [6, 6.07) is 9.49. The Labute approximate surface area is 153 Å². The molecule has 0 radical (unpaired) electrons. The molecule has 1 amide bonds. The van der Waals surface area contributed by atoms with Crippen molar-refractivity contribution in [1.29, 1.82) is 0 Å². The van der Waals surface area contributed by atoms with Crippen LogP contribution in [0.1, 0.15) is 32.6 Å². The molecule has 0 aliphatic rings. The van der Waals surface area contributed by atoms with Crippen LogP contribution in [0.5, 0.6) is 0 Å². The molecule has 0 saturated heterocycles. The predicted octanol–water partition coefficient (Wildman–Crippen LogP) is 4.09. The number of aromatic amines is 1. The standard InChI is InChI=1S/C20H17F3N2O2/c1-11-7-12(2)16-9-14(19(27)25-17(16)8-11)10-24-18(26)13-3-5-15(6-4-13)20(21,22)23/h3-9H,10H2,1-2H3,(H,24,26)(H,25,27). The van der Waals surface area contributed by atoms with E-state index in [1.165, 1.54) is 0 Å². The van der Waals surface area contributed by atoms with Crippen molar-refractivity contribution in [2.45, 2.75) is 26.6 Å².